The summed E-state index contributed by atoms with van der Waals surface area (Å²) in [7, 11) is -3.29. The average Bonchev–Trinajstić information content (AvgIpc) is 2.67. The SMILES string of the molecule is CC(NS(=O)(=O)CCCCl)c1ncn[nH]1. The van der Waals surface area contributed by atoms with E-state index in [-0.39, 0.29) is 5.75 Å². The topological polar surface area (TPSA) is 87.7 Å². The van der Waals surface area contributed by atoms with Crippen LogP contribution in [-0.4, -0.2) is 35.2 Å². The third-order valence-electron chi connectivity index (χ3n) is 1.75. The number of nitrogens with one attached hydrogen (secondary N) is 2. The highest BCUT2D eigenvalue weighted by molar-refractivity contribution is 7.89. The molecule has 8 heteroatoms. The van der Waals surface area contributed by atoms with Crippen molar-refractivity contribution in [2.45, 2.75) is 19.4 Å². The lowest BCUT2D eigenvalue weighted by Gasteiger charge is -2.10. The van der Waals surface area contributed by atoms with Crippen LogP contribution in [0.5, 0.6) is 0 Å². The van der Waals surface area contributed by atoms with Crippen molar-refractivity contribution >= 4 is 21.6 Å². The number of hydrogen-bond acceptors (Lipinski definition) is 4. The second-order valence-electron chi connectivity index (χ2n) is 3.07. The summed E-state index contributed by atoms with van der Waals surface area (Å²) < 4.78 is 25.4. The number of rotatable bonds is 6. The summed E-state index contributed by atoms with van der Waals surface area (Å²) in [5.74, 6) is 0.844. The zero-order valence-corrected chi connectivity index (χ0v) is 9.85. The number of alkyl halides is 1. The van der Waals surface area contributed by atoms with Gasteiger partial charge in [-0.1, -0.05) is 0 Å². The summed E-state index contributed by atoms with van der Waals surface area (Å²) in [6.07, 6.45) is 1.76. The summed E-state index contributed by atoms with van der Waals surface area (Å²) in [4.78, 5) is 3.86. The fraction of sp³-hybridized carbons (Fsp3) is 0.714. The van der Waals surface area contributed by atoms with Crippen LogP contribution in [0.4, 0.5) is 0 Å². The molecule has 0 saturated carbocycles. The maximum atomic E-state index is 11.5. The Morgan fingerprint density at radius 3 is 2.93 bits per heavy atom. The van der Waals surface area contributed by atoms with Gasteiger partial charge in [-0.2, -0.15) is 5.10 Å². The van der Waals surface area contributed by atoms with E-state index >= 15 is 0 Å². The molecule has 6 nitrogen and oxygen atoms in total. The van der Waals surface area contributed by atoms with Crippen LogP contribution in [-0.2, 0) is 10.0 Å². The van der Waals surface area contributed by atoms with Gasteiger partial charge in [-0.25, -0.2) is 18.1 Å². The Labute approximate surface area is 93.5 Å². The number of aromatic nitrogens is 3. The molecule has 0 aliphatic rings. The van der Waals surface area contributed by atoms with E-state index in [9.17, 15) is 8.42 Å². The van der Waals surface area contributed by atoms with E-state index in [0.29, 0.717) is 18.1 Å². The van der Waals surface area contributed by atoms with Gasteiger partial charge in [0.05, 0.1) is 11.8 Å². The molecule has 86 valence electrons. The Bertz CT molecular complexity index is 378. The van der Waals surface area contributed by atoms with Crippen LogP contribution in [0.1, 0.15) is 25.2 Å². The fourth-order valence-corrected chi connectivity index (χ4v) is 2.64. The first-order chi connectivity index (χ1) is 7.05. The molecule has 15 heavy (non-hydrogen) atoms. The van der Waals surface area contributed by atoms with E-state index in [1.807, 2.05) is 0 Å². The summed E-state index contributed by atoms with van der Waals surface area (Å²) in [5, 5.41) is 6.24. The minimum Gasteiger partial charge on any atom is -0.262 e. The van der Waals surface area contributed by atoms with Crippen LogP contribution in [0.15, 0.2) is 6.33 Å². The number of aromatic amines is 1. The Balaban J connectivity index is 2.54. The molecule has 1 unspecified atom stereocenters. The van der Waals surface area contributed by atoms with E-state index < -0.39 is 16.1 Å². The van der Waals surface area contributed by atoms with Crippen molar-refractivity contribution in [2.75, 3.05) is 11.6 Å². The van der Waals surface area contributed by atoms with Gasteiger partial charge in [0, 0.05) is 5.88 Å². The van der Waals surface area contributed by atoms with E-state index in [1.165, 1.54) is 6.33 Å². The zero-order chi connectivity index (χ0) is 11.3. The van der Waals surface area contributed by atoms with Gasteiger partial charge in [-0.05, 0) is 13.3 Å². The molecule has 0 aliphatic heterocycles. The lowest BCUT2D eigenvalue weighted by molar-refractivity contribution is 0.559. The first-order valence-electron chi connectivity index (χ1n) is 4.46. The van der Waals surface area contributed by atoms with Crippen molar-refractivity contribution in [3.63, 3.8) is 0 Å². The first-order valence-corrected chi connectivity index (χ1v) is 6.65. The third-order valence-corrected chi connectivity index (χ3v) is 3.55. The minimum atomic E-state index is -3.29. The number of halogens is 1. The van der Waals surface area contributed by atoms with Crippen molar-refractivity contribution in [1.82, 2.24) is 19.9 Å². The van der Waals surface area contributed by atoms with Crippen LogP contribution in [0, 0.1) is 0 Å². The summed E-state index contributed by atoms with van der Waals surface area (Å²) >= 11 is 5.42. The predicted octanol–water partition coefficient (Wildman–Crippen LogP) is 0.414. The normalized spacial score (nSPS) is 14.0. The number of nitrogens with zero attached hydrogens (tertiary/aromatic N) is 2. The molecule has 0 fully saturated rings. The smallest absolute Gasteiger partial charge is 0.212 e. The molecule has 0 radical (unpaired) electrons. The molecule has 2 N–H and O–H groups in total. The van der Waals surface area contributed by atoms with Crippen molar-refractivity contribution in [3.05, 3.63) is 12.2 Å². The molecule has 1 heterocycles. The zero-order valence-electron chi connectivity index (χ0n) is 8.27. The van der Waals surface area contributed by atoms with Crippen LogP contribution >= 0.6 is 11.6 Å². The maximum Gasteiger partial charge on any atom is 0.212 e. The quantitative estimate of drug-likeness (QED) is 0.718. The molecular weight excluding hydrogens is 240 g/mol. The Morgan fingerprint density at radius 1 is 1.67 bits per heavy atom. The highest BCUT2D eigenvalue weighted by atomic mass is 35.5. The molecule has 1 aromatic heterocycles. The Kier molecular flexibility index (Phi) is 4.49. The van der Waals surface area contributed by atoms with Gasteiger partial charge < -0.3 is 0 Å². The fourth-order valence-electron chi connectivity index (χ4n) is 1.05. The molecule has 1 atom stereocenters. The Hall–Kier alpha value is -0.660. The lowest BCUT2D eigenvalue weighted by Crippen LogP contribution is -2.29. The van der Waals surface area contributed by atoms with Gasteiger partial charge in [-0.15, -0.1) is 11.6 Å². The van der Waals surface area contributed by atoms with Crippen molar-refractivity contribution in [1.29, 1.82) is 0 Å². The molecule has 1 aromatic rings. The van der Waals surface area contributed by atoms with Gasteiger partial charge in [0.25, 0.3) is 0 Å². The van der Waals surface area contributed by atoms with Crippen LogP contribution < -0.4 is 4.72 Å². The predicted molar refractivity (Wildman–Crippen MR) is 57.1 cm³/mol. The van der Waals surface area contributed by atoms with Gasteiger partial charge in [-0.3, -0.25) is 5.10 Å². The van der Waals surface area contributed by atoms with Gasteiger partial charge in [0.15, 0.2) is 0 Å². The summed E-state index contributed by atoms with van der Waals surface area (Å²) in [5.41, 5.74) is 0. The molecule has 0 spiro atoms. The molecule has 1 rings (SSSR count). The van der Waals surface area contributed by atoms with Crippen molar-refractivity contribution in [2.24, 2.45) is 0 Å². The van der Waals surface area contributed by atoms with E-state index in [0.717, 1.165) is 0 Å². The van der Waals surface area contributed by atoms with E-state index in [2.05, 4.69) is 19.9 Å². The Morgan fingerprint density at radius 2 is 2.40 bits per heavy atom. The van der Waals surface area contributed by atoms with E-state index in [1.54, 1.807) is 6.92 Å². The number of hydrogen-bond donors (Lipinski definition) is 2. The second kappa shape index (κ2) is 5.43. The molecule has 0 amide bonds. The van der Waals surface area contributed by atoms with Gasteiger partial charge in [0.2, 0.25) is 10.0 Å². The summed E-state index contributed by atoms with van der Waals surface area (Å²) in [6, 6.07) is -0.409. The van der Waals surface area contributed by atoms with Crippen LogP contribution in [0.3, 0.4) is 0 Å². The lowest BCUT2D eigenvalue weighted by atomic mass is 10.3. The highest BCUT2D eigenvalue weighted by Gasteiger charge is 2.16. The number of H-pyrrole nitrogens is 1. The van der Waals surface area contributed by atoms with Crippen LogP contribution in [0.2, 0.25) is 0 Å². The van der Waals surface area contributed by atoms with Crippen LogP contribution in [0.25, 0.3) is 0 Å². The molecular formula is C7H13ClN4O2S. The molecule has 0 saturated heterocycles. The number of sulfonamides is 1. The van der Waals surface area contributed by atoms with Crippen molar-refractivity contribution < 1.29 is 8.42 Å². The molecule has 0 bridgehead atoms. The second-order valence-corrected chi connectivity index (χ2v) is 5.32. The molecule has 0 aliphatic carbocycles. The maximum absolute atomic E-state index is 11.5. The largest absolute Gasteiger partial charge is 0.262 e. The summed E-state index contributed by atoms with van der Waals surface area (Å²) in [6.45, 7) is 1.69. The van der Waals surface area contributed by atoms with Gasteiger partial charge >= 0.3 is 0 Å². The molecule has 0 aromatic carbocycles. The average molecular weight is 253 g/mol. The monoisotopic (exact) mass is 252 g/mol. The standard InChI is InChI=1S/C7H13ClN4O2S/c1-6(7-9-5-10-11-7)12-15(13,14)4-2-3-8/h5-6,12H,2-4H2,1H3,(H,9,10,11). The van der Waals surface area contributed by atoms with Crippen molar-refractivity contribution in [3.8, 4) is 0 Å². The third kappa shape index (κ3) is 4.15. The first kappa shape index (κ1) is 12.4. The highest BCUT2D eigenvalue weighted by Crippen LogP contribution is 2.06. The van der Waals surface area contributed by atoms with Gasteiger partial charge in [0.1, 0.15) is 12.2 Å². The minimum absolute atomic E-state index is 0.0228. The van der Waals surface area contributed by atoms with E-state index in [4.69, 9.17) is 11.6 Å².